The third-order valence-electron chi connectivity index (χ3n) is 3.53. The Morgan fingerprint density at radius 3 is 2.44 bits per heavy atom. The van der Waals surface area contributed by atoms with Gasteiger partial charge in [0.1, 0.15) is 6.29 Å². The predicted octanol–water partition coefficient (Wildman–Crippen LogP) is 3.13. The van der Waals surface area contributed by atoms with Crippen molar-refractivity contribution in [1.82, 2.24) is 4.67 Å². The van der Waals surface area contributed by atoms with Crippen molar-refractivity contribution in [2.45, 2.75) is 32.0 Å². The Kier molecular flexibility index (Phi) is 3.96. The molecule has 0 aliphatic carbocycles. The first kappa shape index (κ1) is 13.0. The molecule has 0 aromatic heterocycles. The molecule has 0 N–H and O–H groups in total. The molecular formula is C14H20N2OSi. The molecule has 3 nitrogen and oxygen atoms in total. The van der Waals surface area contributed by atoms with E-state index in [-0.39, 0.29) is 0 Å². The molecule has 1 heterocycles. The van der Waals surface area contributed by atoms with Crippen LogP contribution in [-0.4, -0.2) is 32.0 Å². The maximum absolute atomic E-state index is 10.6. The van der Waals surface area contributed by atoms with Crippen LogP contribution in [0.25, 0.3) is 0 Å². The van der Waals surface area contributed by atoms with Crippen molar-refractivity contribution < 1.29 is 4.79 Å². The molecule has 0 amide bonds. The molecule has 0 atom stereocenters. The molecule has 96 valence electrons. The van der Waals surface area contributed by atoms with Crippen molar-refractivity contribution in [2.24, 2.45) is 5.10 Å². The smallest absolute Gasteiger partial charge is 0.172 e. The number of carbonyl (C=O) groups excluding carboxylic acids is 1. The number of hydrogen-bond acceptors (Lipinski definition) is 3. The van der Waals surface area contributed by atoms with E-state index in [1.165, 1.54) is 18.9 Å². The van der Waals surface area contributed by atoms with Gasteiger partial charge in [-0.3, -0.25) is 4.79 Å². The molecule has 0 bridgehead atoms. The fourth-order valence-corrected chi connectivity index (χ4v) is 4.77. The van der Waals surface area contributed by atoms with Gasteiger partial charge in [0.15, 0.2) is 8.24 Å². The summed E-state index contributed by atoms with van der Waals surface area (Å²) in [6.07, 6.45) is 5.37. The van der Waals surface area contributed by atoms with Gasteiger partial charge in [-0.2, -0.15) is 5.10 Å². The van der Waals surface area contributed by atoms with Crippen LogP contribution in [0.4, 0.5) is 0 Å². The first-order chi connectivity index (χ1) is 8.62. The second-order valence-electron chi connectivity index (χ2n) is 5.42. The molecule has 18 heavy (non-hydrogen) atoms. The van der Waals surface area contributed by atoms with Crippen LogP contribution in [0.3, 0.4) is 0 Å². The van der Waals surface area contributed by atoms with E-state index in [0.29, 0.717) is 5.56 Å². The number of benzene rings is 1. The Morgan fingerprint density at radius 2 is 1.83 bits per heavy atom. The molecule has 1 aliphatic heterocycles. The largest absolute Gasteiger partial charge is 0.324 e. The van der Waals surface area contributed by atoms with Gasteiger partial charge >= 0.3 is 0 Å². The summed E-state index contributed by atoms with van der Waals surface area (Å²) in [6.45, 7) is 5.83. The molecule has 0 spiro atoms. The van der Waals surface area contributed by atoms with Gasteiger partial charge in [-0.25, -0.2) is 0 Å². The summed E-state index contributed by atoms with van der Waals surface area (Å²) in [6, 6.07) is 8.85. The second kappa shape index (κ2) is 5.48. The fourth-order valence-electron chi connectivity index (χ4n) is 2.26. The zero-order chi connectivity index (χ0) is 13.0. The molecule has 0 unspecified atom stereocenters. The van der Waals surface area contributed by atoms with Gasteiger partial charge in [0, 0.05) is 12.1 Å². The predicted molar refractivity (Wildman–Crippen MR) is 77.7 cm³/mol. The summed E-state index contributed by atoms with van der Waals surface area (Å²) in [5.74, 6) is 0. The molecule has 1 aliphatic rings. The minimum absolute atomic E-state index is 0.708. The van der Waals surface area contributed by atoms with E-state index in [1.807, 2.05) is 30.5 Å². The van der Waals surface area contributed by atoms with Crippen LogP contribution in [-0.2, 0) is 0 Å². The Morgan fingerprint density at radius 1 is 1.17 bits per heavy atom. The van der Waals surface area contributed by atoms with Gasteiger partial charge in [-0.05, 0) is 18.0 Å². The Hall–Kier alpha value is -1.42. The van der Waals surface area contributed by atoms with E-state index in [2.05, 4.69) is 22.9 Å². The highest BCUT2D eigenvalue weighted by molar-refractivity contribution is 6.74. The van der Waals surface area contributed by atoms with Gasteiger partial charge in [0.05, 0.1) is 6.21 Å². The normalized spacial score (nSPS) is 19.1. The third kappa shape index (κ3) is 3.07. The van der Waals surface area contributed by atoms with Crippen LogP contribution >= 0.6 is 0 Å². The monoisotopic (exact) mass is 260 g/mol. The standard InChI is InChI=1S/C14H20N2OSi/c1-18(2)10-4-3-9-16(18)15-11-13-5-7-14(12-17)8-6-13/h5-8,11-12H,3-4,9-10H2,1-2H3. The number of aldehydes is 1. The van der Waals surface area contributed by atoms with Gasteiger partial charge in [0.25, 0.3) is 0 Å². The molecule has 4 heteroatoms. The highest BCUT2D eigenvalue weighted by Crippen LogP contribution is 2.24. The first-order valence-electron chi connectivity index (χ1n) is 6.49. The maximum Gasteiger partial charge on any atom is 0.172 e. The Balaban J connectivity index is 2.07. The van der Waals surface area contributed by atoms with Crippen molar-refractivity contribution in [1.29, 1.82) is 0 Å². The molecular weight excluding hydrogens is 240 g/mol. The fraction of sp³-hybridized carbons (Fsp3) is 0.429. The van der Waals surface area contributed by atoms with Crippen molar-refractivity contribution in [2.75, 3.05) is 6.54 Å². The van der Waals surface area contributed by atoms with E-state index in [0.717, 1.165) is 18.4 Å². The molecule has 1 aromatic carbocycles. The topological polar surface area (TPSA) is 32.7 Å². The molecule has 1 aromatic rings. The average Bonchev–Trinajstić information content (AvgIpc) is 2.38. The lowest BCUT2D eigenvalue weighted by Crippen LogP contribution is -2.48. The number of carbonyl (C=O) groups is 1. The SMILES string of the molecule is C[Si]1(C)CCCCN1N=Cc1ccc(C=O)cc1. The van der Waals surface area contributed by atoms with Crippen LogP contribution < -0.4 is 0 Å². The van der Waals surface area contributed by atoms with Gasteiger partial charge in [-0.15, -0.1) is 0 Å². The second-order valence-corrected chi connectivity index (χ2v) is 10.1. The molecule has 0 radical (unpaired) electrons. The first-order valence-corrected chi connectivity index (χ1v) is 9.64. The number of nitrogens with zero attached hydrogens (tertiary/aromatic N) is 2. The van der Waals surface area contributed by atoms with Crippen LogP contribution in [0.2, 0.25) is 19.1 Å². The zero-order valence-corrected chi connectivity index (χ0v) is 12.1. The van der Waals surface area contributed by atoms with Crippen molar-refractivity contribution in [3.05, 3.63) is 35.4 Å². The quantitative estimate of drug-likeness (QED) is 0.475. The minimum Gasteiger partial charge on any atom is -0.324 e. The van der Waals surface area contributed by atoms with E-state index in [9.17, 15) is 4.79 Å². The molecule has 0 saturated carbocycles. The zero-order valence-electron chi connectivity index (χ0n) is 11.1. The van der Waals surface area contributed by atoms with Gasteiger partial charge < -0.3 is 4.67 Å². The lowest BCUT2D eigenvalue weighted by molar-refractivity contribution is 0.112. The van der Waals surface area contributed by atoms with E-state index < -0.39 is 8.24 Å². The Bertz CT molecular complexity index is 440. The van der Waals surface area contributed by atoms with E-state index in [4.69, 9.17) is 0 Å². The number of rotatable bonds is 3. The summed E-state index contributed by atoms with van der Waals surface area (Å²) in [7, 11) is -1.31. The third-order valence-corrected chi connectivity index (χ3v) is 6.84. The highest BCUT2D eigenvalue weighted by Gasteiger charge is 2.31. The molecule has 1 fully saturated rings. The van der Waals surface area contributed by atoms with E-state index >= 15 is 0 Å². The summed E-state index contributed by atoms with van der Waals surface area (Å²) in [4.78, 5) is 10.6. The molecule has 1 saturated heterocycles. The minimum atomic E-state index is -1.31. The summed E-state index contributed by atoms with van der Waals surface area (Å²) in [5.41, 5.74) is 1.76. The van der Waals surface area contributed by atoms with Crippen LogP contribution in [0, 0.1) is 0 Å². The van der Waals surface area contributed by atoms with Crippen LogP contribution in [0.15, 0.2) is 29.4 Å². The highest BCUT2D eigenvalue weighted by atomic mass is 28.3. The number of hydrazone groups is 1. The summed E-state index contributed by atoms with van der Waals surface area (Å²) < 4.78 is 2.31. The van der Waals surface area contributed by atoms with Crippen LogP contribution in [0.5, 0.6) is 0 Å². The summed E-state index contributed by atoms with van der Waals surface area (Å²) >= 11 is 0. The lowest BCUT2D eigenvalue weighted by atomic mass is 10.2. The lowest BCUT2D eigenvalue weighted by Gasteiger charge is -2.38. The van der Waals surface area contributed by atoms with Crippen LogP contribution in [0.1, 0.15) is 28.8 Å². The molecule has 2 rings (SSSR count). The average molecular weight is 260 g/mol. The van der Waals surface area contributed by atoms with Gasteiger partial charge in [0.2, 0.25) is 0 Å². The van der Waals surface area contributed by atoms with Crippen molar-refractivity contribution >= 4 is 20.7 Å². The summed E-state index contributed by atoms with van der Waals surface area (Å²) in [5, 5.41) is 4.64. The van der Waals surface area contributed by atoms with Crippen molar-refractivity contribution in [3.63, 3.8) is 0 Å². The Labute approximate surface area is 110 Å². The maximum atomic E-state index is 10.6. The van der Waals surface area contributed by atoms with Crippen molar-refractivity contribution in [3.8, 4) is 0 Å². The van der Waals surface area contributed by atoms with Gasteiger partial charge in [-0.1, -0.05) is 43.8 Å². The van der Waals surface area contributed by atoms with E-state index in [1.54, 1.807) is 0 Å². The number of hydrogen-bond donors (Lipinski definition) is 0.